The first-order valence-electron chi connectivity index (χ1n) is 11.3. The van der Waals surface area contributed by atoms with E-state index in [2.05, 4.69) is 0 Å². The van der Waals surface area contributed by atoms with Crippen LogP contribution in [0.5, 0.6) is 0 Å². The highest BCUT2D eigenvalue weighted by molar-refractivity contribution is 7.90. The Hall–Kier alpha value is -3.07. The molecule has 0 N–H and O–H groups in total. The summed E-state index contributed by atoms with van der Waals surface area (Å²) < 4.78 is 70.5. The zero-order chi connectivity index (χ0) is 25.7. The summed E-state index contributed by atoms with van der Waals surface area (Å²) in [5, 5.41) is 0. The lowest BCUT2D eigenvalue weighted by molar-refractivity contribution is -0.134. The van der Waals surface area contributed by atoms with Gasteiger partial charge in [0.05, 0.1) is 16.6 Å². The van der Waals surface area contributed by atoms with Gasteiger partial charge in [-0.1, -0.05) is 26.8 Å². The summed E-state index contributed by atoms with van der Waals surface area (Å²) in [6.45, 7) is 5.86. The molecule has 2 aromatic carbocycles. The Morgan fingerprint density at radius 1 is 1.09 bits per heavy atom. The molecule has 186 valence electrons. The molecule has 0 aliphatic heterocycles. The molecule has 4 rings (SSSR count). The molecule has 1 aromatic heterocycles. The van der Waals surface area contributed by atoms with E-state index in [-0.39, 0.29) is 27.5 Å². The Morgan fingerprint density at radius 2 is 1.77 bits per heavy atom. The van der Waals surface area contributed by atoms with E-state index in [4.69, 9.17) is 0 Å². The smallest absolute Gasteiger partial charge is 0.268 e. The lowest BCUT2D eigenvalue weighted by Gasteiger charge is -2.28. The third-order valence-corrected chi connectivity index (χ3v) is 7.87. The maximum atomic E-state index is 14.9. The van der Waals surface area contributed by atoms with Crippen molar-refractivity contribution in [2.24, 2.45) is 5.41 Å². The van der Waals surface area contributed by atoms with Crippen LogP contribution in [0.4, 0.5) is 13.2 Å². The number of amides is 1. The first kappa shape index (κ1) is 25.0. The largest absolute Gasteiger partial charge is 0.339 e. The van der Waals surface area contributed by atoms with Gasteiger partial charge < -0.3 is 4.90 Å². The van der Waals surface area contributed by atoms with Crippen molar-refractivity contribution in [2.75, 3.05) is 7.05 Å². The van der Waals surface area contributed by atoms with Crippen LogP contribution in [0.25, 0.3) is 11.3 Å². The summed E-state index contributed by atoms with van der Waals surface area (Å²) in [6.07, 6.45) is 2.61. The summed E-state index contributed by atoms with van der Waals surface area (Å²) in [6, 6.07) is 7.08. The van der Waals surface area contributed by atoms with E-state index < -0.39 is 33.5 Å². The van der Waals surface area contributed by atoms with Crippen LogP contribution < -0.4 is 0 Å². The molecule has 0 spiro atoms. The van der Waals surface area contributed by atoms with Crippen LogP contribution in [-0.2, 0) is 21.2 Å². The molecule has 0 fully saturated rings. The minimum absolute atomic E-state index is 0.0564. The van der Waals surface area contributed by atoms with E-state index in [0.717, 1.165) is 22.2 Å². The number of carbonyl (C=O) groups is 1. The fraction of sp³-hybridized carbons (Fsp3) is 0.346. The Bertz CT molecular complexity index is 1410. The molecule has 0 bridgehead atoms. The molecule has 5 nitrogen and oxygen atoms in total. The zero-order valence-electron chi connectivity index (χ0n) is 20.0. The number of hydrogen-bond donors (Lipinski definition) is 0. The molecule has 1 unspecified atom stereocenters. The number of hydrogen-bond acceptors (Lipinski definition) is 3. The van der Waals surface area contributed by atoms with E-state index in [0.29, 0.717) is 36.5 Å². The highest BCUT2D eigenvalue weighted by atomic mass is 32.2. The van der Waals surface area contributed by atoms with Gasteiger partial charge in [0.2, 0.25) is 5.91 Å². The van der Waals surface area contributed by atoms with Crippen molar-refractivity contribution in [2.45, 2.75) is 51.0 Å². The van der Waals surface area contributed by atoms with Gasteiger partial charge in [-0.15, -0.1) is 0 Å². The van der Waals surface area contributed by atoms with Crippen LogP contribution in [0.3, 0.4) is 0 Å². The lowest BCUT2D eigenvalue weighted by Crippen LogP contribution is -2.32. The number of carbonyl (C=O) groups excluding carboxylic acids is 1. The molecule has 1 aliphatic carbocycles. The monoisotopic (exact) mass is 504 g/mol. The second-order valence-electron chi connectivity index (χ2n) is 10.1. The number of aromatic nitrogens is 1. The van der Waals surface area contributed by atoms with E-state index in [1.54, 1.807) is 11.9 Å². The molecule has 1 aliphatic rings. The fourth-order valence-electron chi connectivity index (χ4n) is 4.57. The van der Waals surface area contributed by atoms with Crippen molar-refractivity contribution < 1.29 is 26.4 Å². The maximum Gasteiger partial charge on any atom is 0.268 e. The topological polar surface area (TPSA) is 59.4 Å². The van der Waals surface area contributed by atoms with Crippen molar-refractivity contribution in [1.82, 2.24) is 8.87 Å². The summed E-state index contributed by atoms with van der Waals surface area (Å²) >= 11 is 0. The van der Waals surface area contributed by atoms with Gasteiger partial charge in [-0.05, 0) is 59.7 Å². The predicted molar refractivity (Wildman–Crippen MR) is 127 cm³/mol. The van der Waals surface area contributed by atoms with Gasteiger partial charge in [0.1, 0.15) is 17.5 Å². The molecular formula is C26H27F3N2O3S. The Labute approximate surface area is 203 Å². The van der Waals surface area contributed by atoms with Crippen molar-refractivity contribution in [1.29, 1.82) is 0 Å². The van der Waals surface area contributed by atoms with Crippen LogP contribution in [0.15, 0.2) is 53.6 Å². The van der Waals surface area contributed by atoms with Crippen LogP contribution >= 0.6 is 0 Å². The number of rotatable bonds is 5. The standard InChI is InChI=1S/C26H27F3N2O3S/c1-26(2,3)14-24(32)30(4)23-11-10-19-21(23)15-31(25(19)20-9-8-17(28)13-22(20)29)35(33,34)18-7-5-6-16(27)12-18/h5-9,12-13,15,23H,10-11,14H2,1-4H3. The number of benzene rings is 2. The number of fused-ring (bicyclic) bond motifs is 1. The molecule has 0 radical (unpaired) electrons. The molecule has 1 atom stereocenters. The number of nitrogens with zero attached hydrogens (tertiary/aromatic N) is 2. The normalized spacial score (nSPS) is 15.8. The first-order valence-corrected chi connectivity index (χ1v) is 12.7. The molecule has 0 saturated heterocycles. The minimum atomic E-state index is -4.33. The second-order valence-corrected chi connectivity index (χ2v) is 11.9. The predicted octanol–water partition coefficient (Wildman–Crippen LogP) is 5.69. The molecule has 3 aromatic rings. The minimum Gasteiger partial charge on any atom is -0.339 e. The zero-order valence-corrected chi connectivity index (χ0v) is 20.8. The van der Waals surface area contributed by atoms with Crippen molar-refractivity contribution in [3.05, 3.63) is 77.2 Å². The summed E-state index contributed by atoms with van der Waals surface area (Å²) in [5.74, 6) is -2.53. The van der Waals surface area contributed by atoms with Gasteiger partial charge in [-0.2, -0.15) is 0 Å². The van der Waals surface area contributed by atoms with Gasteiger partial charge in [0.25, 0.3) is 10.0 Å². The molecule has 1 heterocycles. The van der Waals surface area contributed by atoms with Gasteiger partial charge in [0.15, 0.2) is 0 Å². The van der Waals surface area contributed by atoms with Gasteiger partial charge in [-0.3, -0.25) is 4.79 Å². The Balaban J connectivity index is 1.90. The molecule has 35 heavy (non-hydrogen) atoms. The average Bonchev–Trinajstić information content (AvgIpc) is 3.32. The Morgan fingerprint density at radius 3 is 2.40 bits per heavy atom. The average molecular weight is 505 g/mol. The third-order valence-electron chi connectivity index (χ3n) is 6.22. The summed E-state index contributed by atoms with van der Waals surface area (Å²) in [5.41, 5.74) is 0.879. The van der Waals surface area contributed by atoms with Gasteiger partial charge in [-0.25, -0.2) is 25.6 Å². The quantitative estimate of drug-likeness (QED) is 0.449. The maximum absolute atomic E-state index is 14.9. The van der Waals surface area contributed by atoms with Crippen molar-refractivity contribution >= 4 is 15.9 Å². The summed E-state index contributed by atoms with van der Waals surface area (Å²) in [4.78, 5) is 14.2. The SMILES string of the molecule is CN(C(=O)CC(C)(C)C)C1CCc2c1cn(S(=O)(=O)c1cccc(F)c1)c2-c1ccc(F)cc1F. The highest BCUT2D eigenvalue weighted by Gasteiger charge is 2.37. The van der Waals surface area contributed by atoms with Crippen LogP contribution in [0.1, 0.15) is 50.8 Å². The van der Waals surface area contributed by atoms with E-state index >= 15 is 0 Å². The van der Waals surface area contributed by atoms with Crippen molar-refractivity contribution in [3.8, 4) is 11.3 Å². The van der Waals surface area contributed by atoms with E-state index in [1.807, 2.05) is 20.8 Å². The van der Waals surface area contributed by atoms with E-state index in [9.17, 15) is 26.4 Å². The van der Waals surface area contributed by atoms with Gasteiger partial charge >= 0.3 is 0 Å². The van der Waals surface area contributed by atoms with Crippen molar-refractivity contribution in [3.63, 3.8) is 0 Å². The number of halogens is 3. The molecule has 9 heteroatoms. The fourth-order valence-corrected chi connectivity index (χ4v) is 6.01. The van der Waals surface area contributed by atoms with Crippen LogP contribution in [0, 0.1) is 22.9 Å². The van der Waals surface area contributed by atoms with Gasteiger partial charge in [0, 0.05) is 31.3 Å². The highest BCUT2D eigenvalue weighted by Crippen LogP contribution is 2.44. The summed E-state index contributed by atoms with van der Waals surface area (Å²) in [7, 11) is -2.66. The molecular weight excluding hydrogens is 477 g/mol. The Kier molecular flexibility index (Phi) is 6.34. The van der Waals surface area contributed by atoms with Crippen LogP contribution in [-0.4, -0.2) is 30.2 Å². The lowest BCUT2D eigenvalue weighted by atomic mass is 9.91. The first-order chi connectivity index (χ1) is 16.3. The third kappa shape index (κ3) is 4.74. The second kappa shape index (κ2) is 8.86. The molecule has 0 saturated carbocycles. The van der Waals surface area contributed by atoms with E-state index in [1.165, 1.54) is 24.4 Å². The van der Waals surface area contributed by atoms with Crippen LogP contribution in [0.2, 0.25) is 0 Å². The molecule has 1 amide bonds.